The van der Waals surface area contributed by atoms with Gasteiger partial charge >= 0.3 is 5.97 Å². The van der Waals surface area contributed by atoms with Crippen LogP contribution in [0.2, 0.25) is 0 Å². The van der Waals surface area contributed by atoms with E-state index in [9.17, 15) is 9.18 Å². The molecule has 2 aromatic rings. The van der Waals surface area contributed by atoms with Crippen molar-refractivity contribution in [3.05, 3.63) is 34.2 Å². The number of rotatable bonds is 2. The predicted molar refractivity (Wildman–Crippen MR) is 66.6 cm³/mol. The van der Waals surface area contributed by atoms with Gasteiger partial charge in [-0.3, -0.25) is 0 Å². The van der Waals surface area contributed by atoms with Gasteiger partial charge in [-0.2, -0.15) is 0 Å². The van der Waals surface area contributed by atoms with Crippen LogP contribution in [0.25, 0.3) is 10.6 Å². The van der Waals surface area contributed by atoms with Crippen molar-refractivity contribution in [2.75, 3.05) is 5.73 Å². The van der Waals surface area contributed by atoms with Gasteiger partial charge < -0.3 is 10.8 Å². The number of aromatic nitrogens is 1. The molecule has 0 aliphatic carbocycles. The molecule has 3 N–H and O–H groups in total. The zero-order valence-corrected chi connectivity index (χ0v) is 10.7. The topological polar surface area (TPSA) is 76.2 Å². The van der Waals surface area contributed by atoms with Gasteiger partial charge in [0.15, 0.2) is 5.69 Å². The molecule has 0 fully saturated rings. The largest absolute Gasteiger partial charge is 0.476 e. The Kier molecular flexibility index (Phi) is 3.12. The van der Waals surface area contributed by atoms with E-state index in [1.165, 1.54) is 12.1 Å². The number of hydrogen-bond acceptors (Lipinski definition) is 4. The van der Waals surface area contributed by atoms with E-state index < -0.39 is 11.8 Å². The fraction of sp³-hybridized carbons (Fsp3) is 0. The molecule has 0 bridgehead atoms. The maximum absolute atomic E-state index is 13.3. The summed E-state index contributed by atoms with van der Waals surface area (Å²) in [6.07, 6.45) is 0. The summed E-state index contributed by atoms with van der Waals surface area (Å²) in [5, 5.41) is 9.30. The standard InChI is InChI=1S/C10H6BrFN2O2S/c11-5-2-1-4(3-6(5)12)9-14-7(10(15)16)8(13)17-9/h1-3H,13H2,(H,15,16). The van der Waals surface area contributed by atoms with Crippen molar-refractivity contribution in [2.24, 2.45) is 0 Å². The van der Waals surface area contributed by atoms with Crippen LogP contribution in [0.5, 0.6) is 0 Å². The second-order valence-corrected chi connectivity index (χ2v) is 5.05. The third-order valence-electron chi connectivity index (χ3n) is 2.02. The second-order valence-electron chi connectivity index (χ2n) is 3.17. The number of thiazole rings is 1. The maximum atomic E-state index is 13.3. The summed E-state index contributed by atoms with van der Waals surface area (Å²) in [7, 11) is 0. The highest BCUT2D eigenvalue weighted by atomic mass is 79.9. The van der Waals surface area contributed by atoms with E-state index in [2.05, 4.69) is 20.9 Å². The van der Waals surface area contributed by atoms with Crippen molar-refractivity contribution in [3.8, 4) is 10.6 Å². The number of benzene rings is 1. The number of carboxylic acids is 1. The van der Waals surface area contributed by atoms with Crippen LogP contribution in [0.15, 0.2) is 22.7 Å². The zero-order valence-electron chi connectivity index (χ0n) is 8.28. The Morgan fingerprint density at radius 2 is 2.24 bits per heavy atom. The summed E-state index contributed by atoms with van der Waals surface area (Å²) in [4.78, 5) is 14.6. The van der Waals surface area contributed by atoms with Gasteiger partial charge in [0.05, 0.1) is 4.47 Å². The second kappa shape index (κ2) is 4.42. The number of hydrogen-bond donors (Lipinski definition) is 2. The monoisotopic (exact) mass is 316 g/mol. The van der Waals surface area contributed by atoms with Crippen LogP contribution in [-0.4, -0.2) is 16.1 Å². The predicted octanol–water partition coefficient (Wildman–Crippen LogP) is 2.99. The molecule has 0 radical (unpaired) electrons. The number of aromatic carboxylic acids is 1. The van der Waals surface area contributed by atoms with Gasteiger partial charge in [-0.15, -0.1) is 0 Å². The molecule has 0 spiro atoms. The van der Waals surface area contributed by atoms with E-state index in [-0.39, 0.29) is 10.7 Å². The van der Waals surface area contributed by atoms with E-state index in [4.69, 9.17) is 10.8 Å². The minimum Gasteiger partial charge on any atom is -0.476 e. The minimum absolute atomic E-state index is 0.107. The van der Waals surface area contributed by atoms with Crippen molar-refractivity contribution in [1.82, 2.24) is 4.98 Å². The van der Waals surface area contributed by atoms with Gasteiger partial charge in [-0.05, 0) is 28.1 Å². The van der Waals surface area contributed by atoms with Gasteiger partial charge in [0.1, 0.15) is 15.8 Å². The Labute approximate surface area is 108 Å². The molecule has 4 nitrogen and oxygen atoms in total. The summed E-state index contributed by atoms with van der Waals surface area (Å²) in [6, 6.07) is 4.44. The van der Waals surface area contributed by atoms with Crippen molar-refractivity contribution < 1.29 is 14.3 Å². The van der Waals surface area contributed by atoms with Crippen LogP contribution in [0, 0.1) is 5.82 Å². The smallest absolute Gasteiger partial charge is 0.357 e. The first kappa shape index (κ1) is 12.0. The van der Waals surface area contributed by atoms with Gasteiger partial charge in [0.2, 0.25) is 0 Å². The molecule has 0 unspecified atom stereocenters. The molecular formula is C10H6BrFN2O2S. The lowest BCUT2D eigenvalue weighted by atomic mass is 10.2. The lowest BCUT2D eigenvalue weighted by molar-refractivity contribution is 0.0692. The third kappa shape index (κ3) is 2.29. The molecular weight excluding hydrogens is 311 g/mol. The van der Waals surface area contributed by atoms with Crippen LogP contribution in [0.3, 0.4) is 0 Å². The van der Waals surface area contributed by atoms with Gasteiger partial charge in [-0.25, -0.2) is 14.2 Å². The highest BCUT2D eigenvalue weighted by molar-refractivity contribution is 9.10. The Morgan fingerprint density at radius 3 is 2.76 bits per heavy atom. The van der Waals surface area contributed by atoms with Crippen LogP contribution in [0.4, 0.5) is 9.39 Å². The number of carbonyl (C=O) groups is 1. The quantitative estimate of drug-likeness (QED) is 0.893. The Morgan fingerprint density at radius 1 is 1.53 bits per heavy atom. The molecule has 0 saturated carbocycles. The van der Waals surface area contributed by atoms with Gasteiger partial charge in [0.25, 0.3) is 0 Å². The van der Waals surface area contributed by atoms with E-state index >= 15 is 0 Å². The number of halogens is 2. The fourth-order valence-electron chi connectivity index (χ4n) is 1.24. The molecule has 1 aromatic carbocycles. The first-order valence-corrected chi connectivity index (χ1v) is 6.05. The van der Waals surface area contributed by atoms with Crippen molar-refractivity contribution in [3.63, 3.8) is 0 Å². The molecule has 0 saturated heterocycles. The van der Waals surface area contributed by atoms with Crippen LogP contribution in [0.1, 0.15) is 10.5 Å². The third-order valence-corrected chi connectivity index (χ3v) is 3.60. The number of nitrogens with two attached hydrogens (primary N) is 1. The normalized spacial score (nSPS) is 10.5. The minimum atomic E-state index is -1.19. The number of carboxylic acid groups (broad SMARTS) is 1. The molecule has 7 heteroatoms. The molecule has 88 valence electrons. The highest BCUT2D eigenvalue weighted by Crippen LogP contribution is 2.31. The van der Waals surface area contributed by atoms with Crippen molar-refractivity contribution in [1.29, 1.82) is 0 Å². The van der Waals surface area contributed by atoms with Crippen molar-refractivity contribution in [2.45, 2.75) is 0 Å². The number of anilines is 1. The summed E-state index contributed by atoms with van der Waals surface area (Å²) in [6.45, 7) is 0. The summed E-state index contributed by atoms with van der Waals surface area (Å²) in [5.74, 6) is -1.63. The molecule has 0 atom stereocenters. The molecule has 1 heterocycles. The first-order chi connectivity index (χ1) is 7.99. The highest BCUT2D eigenvalue weighted by Gasteiger charge is 2.16. The van der Waals surface area contributed by atoms with Crippen molar-refractivity contribution >= 4 is 38.2 Å². The maximum Gasteiger partial charge on any atom is 0.357 e. The van der Waals surface area contributed by atoms with Crippen LogP contribution in [-0.2, 0) is 0 Å². The summed E-state index contributed by atoms with van der Waals surface area (Å²) in [5.41, 5.74) is 5.81. The Balaban J connectivity index is 2.50. The van der Waals surface area contributed by atoms with Crippen LogP contribution >= 0.6 is 27.3 Å². The lowest BCUT2D eigenvalue weighted by Crippen LogP contribution is -2.00. The van der Waals surface area contributed by atoms with E-state index in [1.807, 2.05) is 0 Å². The molecule has 17 heavy (non-hydrogen) atoms. The number of nitrogen functional groups attached to an aromatic ring is 1. The number of nitrogens with zero attached hydrogens (tertiary/aromatic N) is 1. The molecule has 0 aliphatic heterocycles. The average molecular weight is 317 g/mol. The van der Waals surface area contributed by atoms with Gasteiger partial charge in [-0.1, -0.05) is 17.4 Å². The van der Waals surface area contributed by atoms with Crippen LogP contribution < -0.4 is 5.73 Å². The summed E-state index contributed by atoms with van der Waals surface area (Å²) < 4.78 is 13.7. The Bertz CT molecular complexity index is 600. The average Bonchev–Trinajstić information content (AvgIpc) is 2.64. The molecule has 2 rings (SSSR count). The van der Waals surface area contributed by atoms with E-state index in [1.54, 1.807) is 6.07 Å². The van der Waals surface area contributed by atoms with E-state index in [0.717, 1.165) is 11.3 Å². The first-order valence-electron chi connectivity index (χ1n) is 4.44. The molecule has 0 aliphatic rings. The molecule has 1 aromatic heterocycles. The SMILES string of the molecule is Nc1sc(-c2ccc(Br)c(F)c2)nc1C(=O)O. The fourth-order valence-corrected chi connectivity index (χ4v) is 2.30. The summed E-state index contributed by atoms with van der Waals surface area (Å²) >= 11 is 4.05. The molecule has 0 amide bonds. The lowest BCUT2D eigenvalue weighted by Gasteiger charge is -1.97. The van der Waals surface area contributed by atoms with Gasteiger partial charge in [0, 0.05) is 5.56 Å². The zero-order chi connectivity index (χ0) is 12.6. The Hall–Kier alpha value is -1.47. The van der Waals surface area contributed by atoms with E-state index in [0.29, 0.717) is 15.0 Å².